The third-order valence-electron chi connectivity index (χ3n) is 3.21. The summed E-state index contributed by atoms with van der Waals surface area (Å²) in [6.45, 7) is 4.09. The molecule has 0 aliphatic carbocycles. The molecule has 1 saturated heterocycles. The molecule has 2 rings (SSSR count). The number of piperazine rings is 1. The minimum atomic E-state index is -0.405. The van der Waals surface area contributed by atoms with E-state index in [0.717, 1.165) is 12.2 Å². The molecular formula is C14H19N3O2. The molecule has 1 unspecified atom stereocenters. The maximum Gasteiger partial charge on any atom is 0.240 e. The third-order valence-corrected chi connectivity index (χ3v) is 3.21. The van der Waals surface area contributed by atoms with Gasteiger partial charge in [0.25, 0.3) is 0 Å². The Morgan fingerprint density at radius 2 is 2.16 bits per heavy atom. The van der Waals surface area contributed by atoms with E-state index < -0.39 is 6.04 Å². The second-order valence-corrected chi connectivity index (χ2v) is 4.54. The number of hydrogen-bond donors (Lipinski definition) is 2. The molecule has 5 heteroatoms. The standard InChI is InChI=1S/C14H19N3O2/c1-2-17-9-8-15-12(14(17)19)10-13(18)16-11-6-4-3-5-7-11/h3-7,12,15H,2,8-10H2,1H3,(H,16,18). The number of para-hydroxylation sites is 1. The van der Waals surface area contributed by atoms with Gasteiger partial charge in [0.1, 0.15) is 0 Å². The van der Waals surface area contributed by atoms with Crippen LogP contribution in [0.2, 0.25) is 0 Å². The summed E-state index contributed by atoms with van der Waals surface area (Å²) in [6.07, 6.45) is 0.171. The number of rotatable bonds is 4. The van der Waals surface area contributed by atoms with Crippen LogP contribution < -0.4 is 10.6 Å². The normalized spacial score (nSPS) is 19.3. The molecule has 0 saturated carbocycles. The van der Waals surface area contributed by atoms with Gasteiger partial charge in [0.2, 0.25) is 11.8 Å². The molecule has 1 aromatic carbocycles. The highest BCUT2D eigenvalue weighted by Gasteiger charge is 2.28. The monoisotopic (exact) mass is 261 g/mol. The van der Waals surface area contributed by atoms with Crippen LogP contribution in [0, 0.1) is 0 Å². The van der Waals surface area contributed by atoms with Gasteiger partial charge in [0.05, 0.1) is 12.5 Å². The number of anilines is 1. The Bertz CT molecular complexity index is 447. The van der Waals surface area contributed by atoms with Crippen LogP contribution in [0.1, 0.15) is 13.3 Å². The molecule has 1 aliphatic heterocycles. The first kappa shape index (κ1) is 13.5. The number of amides is 2. The molecule has 0 bridgehead atoms. The molecule has 2 N–H and O–H groups in total. The highest BCUT2D eigenvalue weighted by Crippen LogP contribution is 2.09. The second kappa shape index (κ2) is 6.33. The van der Waals surface area contributed by atoms with Crippen LogP contribution >= 0.6 is 0 Å². The van der Waals surface area contributed by atoms with Gasteiger partial charge in [0.15, 0.2) is 0 Å². The number of nitrogens with one attached hydrogen (secondary N) is 2. The molecule has 1 atom stereocenters. The number of nitrogens with zero attached hydrogens (tertiary/aromatic N) is 1. The van der Waals surface area contributed by atoms with E-state index in [0.29, 0.717) is 13.1 Å². The zero-order valence-corrected chi connectivity index (χ0v) is 11.1. The van der Waals surface area contributed by atoms with Gasteiger partial charge in [-0.25, -0.2) is 0 Å². The van der Waals surface area contributed by atoms with E-state index in [-0.39, 0.29) is 18.2 Å². The van der Waals surface area contributed by atoms with E-state index in [1.54, 1.807) is 4.90 Å². The van der Waals surface area contributed by atoms with Crippen LogP contribution in [0.25, 0.3) is 0 Å². The maximum absolute atomic E-state index is 12.0. The topological polar surface area (TPSA) is 61.4 Å². The molecular weight excluding hydrogens is 242 g/mol. The van der Waals surface area contributed by atoms with Crippen molar-refractivity contribution in [2.24, 2.45) is 0 Å². The predicted octanol–water partition coefficient (Wildman–Crippen LogP) is 0.835. The lowest BCUT2D eigenvalue weighted by Crippen LogP contribution is -2.55. The van der Waals surface area contributed by atoms with Crippen LogP contribution in [0.3, 0.4) is 0 Å². The van der Waals surface area contributed by atoms with Gasteiger partial charge in [-0.15, -0.1) is 0 Å². The lowest BCUT2D eigenvalue weighted by atomic mass is 10.1. The van der Waals surface area contributed by atoms with Crippen molar-refractivity contribution in [2.45, 2.75) is 19.4 Å². The van der Waals surface area contributed by atoms with Crippen molar-refractivity contribution < 1.29 is 9.59 Å². The summed E-state index contributed by atoms with van der Waals surface area (Å²) in [6, 6.07) is 8.86. The van der Waals surface area contributed by atoms with Crippen molar-refractivity contribution in [3.63, 3.8) is 0 Å². The fourth-order valence-corrected chi connectivity index (χ4v) is 2.18. The Morgan fingerprint density at radius 3 is 2.84 bits per heavy atom. The second-order valence-electron chi connectivity index (χ2n) is 4.54. The number of carbonyl (C=O) groups is 2. The average Bonchev–Trinajstić information content (AvgIpc) is 2.42. The Morgan fingerprint density at radius 1 is 1.42 bits per heavy atom. The average molecular weight is 261 g/mol. The predicted molar refractivity (Wildman–Crippen MR) is 73.7 cm³/mol. The first-order valence-corrected chi connectivity index (χ1v) is 6.57. The molecule has 1 aliphatic rings. The van der Waals surface area contributed by atoms with E-state index in [9.17, 15) is 9.59 Å². The summed E-state index contributed by atoms with van der Waals surface area (Å²) in [5.41, 5.74) is 0.753. The summed E-state index contributed by atoms with van der Waals surface area (Å²) in [5.74, 6) is -0.132. The molecule has 0 spiro atoms. The summed E-state index contributed by atoms with van der Waals surface area (Å²) in [4.78, 5) is 25.7. The molecule has 2 amide bonds. The lowest BCUT2D eigenvalue weighted by molar-refractivity contribution is -0.137. The van der Waals surface area contributed by atoms with E-state index in [1.165, 1.54) is 0 Å². The van der Waals surface area contributed by atoms with Crippen LogP contribution in [0.4, 0.5) is 5.69 Å². The number of benzene rings is 1. The first-order chi connectivity index (χ1) is 9.20. The number of hydrogen-bond acceptors (Lipinski definition) is 3. The van der Waals surface area contributed by atoms with Crippen LogP contribution in [0.5, 0.6) is 0 Å². The minimum absolute atomic E-state index is 0.0111. The molecule has 5 nitrogen and oxygen atoms in total. The summed E-state index contributed by atoms with van der Waals surface area (Å²) < 4.78 is 0. The molecule has 1 heterocycles. The van der Waals surface area contributed by atoms with Gasteiger partial charge >= 0.3 is 0 Å². The summed E-state index contributed by atoms with van der Waals surface area (Å²) >= 11 is 0. The Balaban J connectivity index is 1.90. The molecule has 0 radical (unpaired) electrons. The van der Waals surface area contributed by atoms with Crippen molar-refractivity contribution in [2.75, 3.05) is 25.0 Å². The maximum atomic E-state index is 12.0. The Hall–Kier alpha value is -1.88. The molecule has 102 valence electrons. The smallest absolute Gasteiger partial charge is 0.240 e. The van der Waals surface area contributed by atoms with E-state index >= 15 is 0 Å². The van der Waals surface area contributed by atoms with E-state index in [2.05, 4.69) is 10.6 Å². The molecule has 1 fully saturated rings. The van der Waals surface area contributed by atoms with Crippen LogP contribution in [-0.4, -0.2) is 42.4 Å². The Labute approximate surface area is 113 Å². The van der Waals surface area contributed by atoms with Crippen molar-refractivity contribution in [1.82, 2.24) is 10.2 Å². The highest BCUT2D eigenvalue weighted by molar-refractivity contribution is 5.95. The molecule has 0 aromatic heterocycles. The first-order valence-electron chi connectivity index (χ1n) is 6.57. The SMILES string of the molecule is CCN1CCNC(CC(=O)Nc2ccccc2)C1=O. The van der Waals surface area contributed by atoms with Gasteiger partial charge < -0.3 is 15.5 Å². The van der Waals surface area contributed by atoms with Crippen LogP contribution in [-0.2, 0) is 9.59 Å². The van der Waals surface area contributed by atoms with Crippen LogP contribution in [0.15, 0.2) is 30.3 Å². The highest BCUT2D eigenvalue weighted by atomic mass is 16.2. The zero-order valence-electron chi connectivity index (χ0n) is 11.1. The Kier molecular flexibility index (Phi) is 4.52. The van der Waals surface area contributed by atoms with Gasteiger partial charge in [-0.3, -0.25) is 9.59 Å². The summed E-state index contributed by atoms with van der Waals surface area (Å²) in [5, 5.41) is 5.89. The molecule has 1 aromatic rings. The lowest BCUT2D eigenvalue weighted by Gasteiger charge is -2.32. The zero-order chi connectivity index (χ0) is 13.7. The van der Waals surface area contributed by atoms with Crippen molar-refractivity contribution >= 4 is 17.5 Å². The fraction of sp³-hybridized carbons (Fsp3) is 0.429. The van der Waals surface area contributed by atoms with Crippen molar-refractivity contribution in [3.8, 4) is 0 Å². The number of likely N-dealkylation sites (N-methyl/N-ethyl adjacent to an activating group) is 1. The number of carbonyl (C=O) groups excluding carboxylic acids is 2. The largest absolute Gasteiger partial charge is 0.340 e. The van der Waals surface area contributed by atoms with Crippen molar-refractivity contribution in [1.29, 1.82) is 0 Å². The van der Waals surface area contributed by atoms with Gasteiger partial charge in [-0.2, -0.15) is 0 Å². The van der Waals surface area contributed by atoms with E-state index in [1.807, 2.05) is 37.3 Å². The molecule has 19 heavy (non-hydrogen) atoms. The van der Waals surface area contributed by atoms with E-state index in [4.69, 9.17) is 0 Å². The third kappa shape index (κ3) is 3.54. The van der Waals surface area contributed by atoms with Crippen molar-refractivity contribution in [3.05, 3.63) is 30.3 Å². The summed E-state index contributed by atoms with van der Waals surface area (Å²) in [7, 11) is 0. The fourth-order valence-electron chi connectivity index (χ4n) is 2.18. The van der Waals surface area contributed by atoms with Gasteiger partial charge in [-0.05, 0) is 19.1 Å². The van der Waals surface area contributed by atoms with Gasteiger partial charge in [-0.1, -0.05) is 18.2 Å². The van der Waals surface area contributed by atoms with Gasteiger partial charge in [0, 0.05) is 25.3 Å². The quantitative estimate of drug-likeness (QED) is 0.844. The minimum Gasteiger partial charge on any atom is -0.340 e.